The predicted octanol–water partition coefficient (Wildman–Crippen LogP) is 3.79. The van der Waals surface area contributed by atoms with Crippen LogP contribution in [0.25, 0.3) is 0 Å². The fraction of sp³-hybridized carbons (Fsp3) is 0.348. The Hall–Kier alpha value is -3.22. The number of ether oxygens (including phenoxy) is 2. The monoisotopic (exact) mass is 415 g/mol. The van der Waals surface area contributed by atoms with Crippen LogP contribution in [0.5, 0.6) is 5.75 Å². The van der Waals surface area contributed by atoms with E-state index in [0.29, 0.717) is 17.9 Å². The van der Waals surface area contributed by atoms with Gasteiger partial charge in [0.05, 0.1) is 6.61 Å². The number of carbonyl (C=O) groups is 3. The van der Waals surface area contributed by atoms with Crippen LogP contribution < -0.4 is 10.1 Å². The highest BCUT2D eigenvalue weighted by Gasteiger charge is 2.29. The van der Waals surface area contributed by atoms with Crippen molar-refractivity contribution in [1.82, 2.24) is 5.32 Å². The zero-order valence-electron chi connectivity index (χ0n) is 17.5. The smallest absolute Gasteiger partial charge is 0.329 e. The summed E-state index contributed by atoms with van der Waals surface area (Å²) in [6.45, 7) is 7.34. The van der Waals surface area contributed by atoms with Gasteiger partial charge >= 0.3 is 5.97 Å². The first-order valence-corrected chi connectivity index (χ1v) is 9.77. The van der Waals surface area contributed by atoms with Gasteiger partial charge in [-0.25, -0.2) is 9.18 Å². The average molecular weight is 415 g/mol. The van der Waals surface area contributed by atoms with E-state index in [0.717, 1.165) is 12.1 Å². The van der Waals surface area contributed by atoms with Crippen molar-refractivity contribution in [2.45, 2.75) is 39.8 Å². The van der Waals surface area contributed by atoms with Gasteiger partial charge < -0.3 is 14.8 Å². The first-order valence-electron chi connectivity index (χ1n) is 9.77. The number of nitrogens with one attached hydrogen (secondary N) is 1. The summed E-state index contributed by atoms with van der Waals surface area (Å²) in [5.41, 5.74) is 0.601. The summed E-state index contributed by atoms with van der Waals surface area (Å²) in [6.07, 6.45) is -1.08. The zero-order chi connectivity index (χ0) is 22.3. The molecule has 0 unspecified atom stereocenters. The van der Waals surface area contributed by atoms with Gasteiger partial charge in [-0.1, -0.05) is 13.8 Å². The van der Waals surface area contributed by atoms with Crippen LogP contribution in [0, 0.1) is 11.7 Å². The van der Waals surface area contributed by atoms with Gasteiger partial charge in [0, 0.05) is 11.1 Å². The highest BCUT2D eigenvalue weighted by molar-refractivity contribution is 6.01. The molecule has 2 aromatic rings. The molecule has 1 amide bonds. The van der Waals surface area contributed by atoms with Gasteiger partial charge in [-0.15, -0.1) is 0 Å². The molecule has 0 aliphatic rings. The predicted molar refractivity (Wildman–Crippen MR) is 110 cm³/mol. The molecule has 0 saturated heterocycles. The van der Waals surface area contributed by atoms with E-state index < -0.39 is 35.6 Å². The number of halogens is 1. The molecule has 160 valence electrons. The summed E-state index contributed by atoms with van der Waals surface area (Å²) in [7, 11) is 0. The van der Waals surface area contributed by atoms with Crippen LogP contribution in [0.2, 0.25) is 0 Å². The molecule has 0 spiro atoms. The minimum atomic E-state index is -1.08. The number of carbonyl (C=O) groups excluding carboxylic acids is 3. The fourth-order valence-electron chi connectivity index (χ4n) is 2.74. The van der Waals surface area contributed by atoms with Crippen LogP contribution in [0.15, 0.2) is 48.5 Å². The Kier molecular flexibility index (Phi) is 8.09. The highest BCUT2D eigenvalue weighted by Crippen LogP contribution is 2.14. The number of Topliss-reactive ketones (excluding diaryl/α,β-unsaturated/α-hetero) is 1. The summed E-state index contributed by atoms with van der Waals surface area (Å²) in [5, 5.41) is 2.66. The first kappa shape index (κ1) is 23.1. The van der Waals surface area contributed by atoms with Crippen molar-refractivity contribution < 1.29 is 28.2 Å². The number of amides is 1. The Balaban J connectivity index is 2.03. The molecule has 0 heterocycles. The van der Waals surface area contributed by atoms with Gasteiger partial charge in [0.2, 0.25) is 5.78 Å². The molecule has 2 rings (SSSR count). The molecule has 7 heteroatoms. The molecule has 0 bridgehead atoms. The SMILES string of the molecule is CCOc1ccc(C(=O)N[C@H](C(=O)O[C@@H](C)C(=O)c2ccc(F)cc2)C(C)C)cc1. The first-order chi connectivity index (χ1) is 14.2. The van der Waals surface area contributed by atoms with Crippen LogP contribution >= 0.6 is 0 Å². The van der Waals surface area contributed by atoms with Crippen molar-refractivity contribution in [2.24, 2.45) is 5.92 Å². The van der Waals surface area contributed by atoms with Crippen molar-refractivity contribution in [2.75, 3.05) is 6.61 Å². The Morgan fingerprint density at radius 2 is 1.50 bits per heavy atom. The maximum atomic E-state index is 13.0. The lowest BCUT2D eigenvalue weighted by molar-refractivity contribution is -0.149. The Morgan fingerprint density at radius 1 is 0.933 bits per heavy atom. The molecule has 0 aliphatic heterocycles. The van der Waals surface area contributed by atoms with Gasteiger partial charge in [-0.05, 0) is 68.3 Å². The zero-order valence-corrected chi connectivity index (χ0v) is 17.5. The maximum Gasteiger partial charge on any atom is 0.329 e. The summed E-state index contributed by atoms with van der Waals surface area (Å²) in [4.78, 5) is 37.6. The minimum Gasteiger partial charge on any atom is -0.494 e. The quantitative estimate of drug-likeness (QED) is 0.498. The van der Waals surface area contributed by atoms with Crippen molar-refractivity contribution in [3.8, 4) is 5.75 Å². The molecule has 0 radical (unpaired) electrons. The van der Waals surface area contributed by atoms with Crippen molar-refractivity contribution in [1.29, 1.82) is 0 Å². The molecule has 1 N–H and O–H groups in total. The second kappa shape index (κ2) is 10.5. The van der Waals surface area contributed by atoms with Gasteiger partial charge in [-0.3, -0.25) is 9.59 Å². The summed E-state index contributed by atoms with van der Waals surface area (Å²) in [5.74, 6) is -1.70. The molecule has 0 fully saturated rings. The Bertz CT molecular complexity index is 877. The third-order valence-electron chi connectivity index (χ3n) is 4.43. The summed E-state index contributed by atoms with van der Waals surface area (Å²) < 4.78 is 23.7. The number of rotatable bonds is 9. The van der Waals surface area contributed by atoms with Gasteiger partial charge in [0.15, 0.2) is 6.10 Å². The summed E-state index contributed by atoms with van der Waals surface area (Å²) in [6, 6.07) is 10.6. The highest BCUT2D eigenvalue weighted by atomic mass is 19.1. The lowest BCUT2D eigenvalue weighted by Gasteiger charge is -2.23. The van der Waals surface area contributed by atoms with Crippen molar-refractivity contribution in [3.05, 3.63) is 65.5 Å². The molecule has 0 aliphatic carbocycles. The van der Waals surface area contributed by atoms with Crippen LogP contribution in [-0.4, -0.2) is 36.4 Å². The maximum absolute atomic E-state index is 13.0. The third kappa shape index (κ3) is 6.14. The van der Waals surface area contributed by atoms with Gasteiger partial charge in [0.25, 0.3) is 5.91 Å². The van der Waals surface area contributed by atoms with Crippen LogP contribution in [0.4, 0.5) is 4.39 Å². The third-order valence-corrected chi connectivity index (χ3v) is 4.43. The fourth-order valence-corrected chi connectivity index (χ4v) is 2.74. The van der Waals surface area contributed by atoms with E-state index in [1.165, 1.54) is 19.1 Å². The topological polar surface area (TPSA) is 81.7 Å². The molecule has 6 nitrogen and oxygen atoms in total. The standard InChI is InChI=1S/C23H26FNO5/c1-5-29-19-12-8-17(9-13-19)22(27)25-20(14(2)3)23(28)30-15(4)21(26)16-6-10-18(24)11-7-16/h6-15,20H,5H2,1-4H3,(H,25,27)/t15-,20-/m0/s1. The van der Waals surface area contributed by atoms with E-state index in [-0.39, 0.29) is 11.5 Å². The van der Waals surface area contributed by atoms with Gasteiger partial charge in [-0.2, -0.15) is 0 Å². The van der Waals surface area contributed by atoms with Crippen LogP contribution in [0.1, 0.15) is 48.4 Å². The van der Waals surface area contributed by atoms with E-state index in [9.17, 15) is 18.8 Å². The van der Waals surface area contributed by atoms with E-state index >= 15 is 0 Å². The van der Waals surface area contributed by atoms with Gasteiger partial charge in [0.1, 0.15) is 17.6 Å². The Morgan fingerprint density at radius 3 is 2.03 bits per heavy atom. The van der Waals surface area contributed by atoms with Crippen molar-refractivity contribution >= 4 is 17.7 Å². The molecular formula is C23H26FNO5. The number of benzene rings is 2. The van der Waals surface area contributed by atoms with Crippen LogP contribution in [-0.2, 0) is 9.53 Å². The lowest BCUT2D eigenvalue weighted by Crippen LogP contribution is -2.46. The van der Waals surface area contributed by atoms with E-state index in [4.69, 9.17) is 9.47 Å². The summed E-state index contributed by atoms with van der Waals surface area (Å²) >= 11 is 0. The molecule has 0 saturated carbocycles. The molecule has 2 atom stereocenters. The number of esters is 1. The largest absolute Gasteiger partial charge is 0.494 e. The lowest BCUT2D eigenvalue weighted by atomic mass is 10.0. The minimum absolute atomic E-state index is 0.233. The number of hydrogen-bond donors (Lipinski definition) is 1. The van der Waals surface area contributed by atoms with E-state index in [1.54, 1.807) is 38.1 Å². The number of ketones is 1. The normalized spacial score (nSPS) is 12.7. The average Bonchev–Trinajstić information content (AvgIpc) is 2.72. The van der Waals surface area contributed by atoms with E-state index in [2.05, 4.69) is 5.32 Å². The molecule has 0 aromatic heterocycles. The molecular weight excluding hydrogens is 389 g/mol. The van der Waals surface area contributed by atoms with Crippen LogP contribution in [0.3, 0.4) is 0 Å². The molecule has 2 aromatic carbocycles. The second-order valence-corrected chi connectivity index (χ2v) is 7.10. The molecule has 30 heavy (non-hydrogen) atoms. The van der Waals surface area contributed by atoms with E-state index in [1.807, 2.05) is 6.92 Å². The number of hydrogen-bond acceptors (Lipinski definition) is 5. The Labute approximate surface area is 175 Å². The van der Waals surface area contributed by atoms with Crippen molar-refractivity contribution in [3.63, 3.8) is 0 Å². The second-order valence-electron chi connectivity index (χ2n) is 7.10.